The lowest BCUT2D eigenvalue weighted by atomic mass is 10.2. The Morgan fingerprint density at radius 3 is 2.48 bits per heavy atom. The molecule has 0 amide bonds. The minimum Gasteiger partial charge on any atom is -0.301 e. The summed E-state index contributed by atoms with van der Waals surface area (Å²) in [7, 11) is 1.21. The number of halogens is 3. The summed E-state index contributed by atoms with van der Waals surface area (Å²) < 4.78 is 38.6. The Morgan fingerprint density at radius 1 is 1.33 bits per heavy atom. The summed E-state index contributed by atoms with van der Waals surface area (Å²) in [5, 5.41) is 17.4. The Labute approximate surface area is 121 Å². The molecule has 0 bridgehead atoms. The molecule has 0 saturated carbocycles. The van der Waals surface area contributed by atoms with Gasteiger partial charge in [-0.25, -0.2) is 0 Å². The van der Waals surface area contributed by atoms with Gasteiger partial charge in [-0.05, 0) is 30.8 Å². The highest BCUT2D eigenvalue weighted by Crippen LogP contribution is 2.33. The molecule has 1 aromatic heterocycles. The van der Waals surface area contributed by atoms with Crippen molar-refractivity contribution < 1.29 is 18.1 Å². The van der Waals surface area contributed by atoms with Gasteiger partial charge in [-0.1, -0.05) is 0 Å². The molecular weight excluding hydrogens is 309 g/mol. The number of hydrogen-bond donors (Lipinski definition) is 0. The van der Waals surface area contributed by atoms with Crippen molar-refractivity contribution in [1.82, 2.24) is 14.8 Å². The van der Waals surface area contributed by atoms with Crippen molar-refractivity contribution in [3.05, 3.63) is 39.7 Å². The van der Waals surface area contributed by atoms with Crippen LogP contribution in [0.5, 0.6) is 0 Å². The van der Waals surface area contributed by atoms with Crippen molar-refractivity contribution in [2.75, 3.05) is 0 Å². The van der Waals surface area contributed by atoms with Crippen LogP contribution in [-0.2, 0) is 13.2 Å². The molecule has 1 aromatic carbocycles. The van der Waals surface area contributed by atoms with Gasteiger partial charge >= 0.3 is 6.18 Å². The van der Waals surface area contributed by atoms with Crippen LogP contribution in [0.15, 0.2) is 28.3 Å². The van der Waals surface area contributed by atoms with Gasteiger partial charge in [0.1, 0.15) is 0 Å². The Hall–Kier alpha value is -2.10. The Kier molecular flexibility index (Phi) is 3.90. The molecule has 0 unspecified atom stereocenters. The second kappa shape index (κ2) is 5.35. The maximum atomic E-state index is 12.6. The van der Waals surface area contributed by atoms with Gasteiger partial charge in [-0.3, -0.25) is 10.1 Å². The molecule has 21 heavy (non-hydrogen) atoms. The van der Waals surface area contributed by atoms with Crippen LogP contribution in [0.3, 0.4) is 0 Å². The average molecular weight is 318 g/mol. The third-order valence-corrected chi connectivity index (χ3v) is 3.69. The van der Waals surface area contributed by atoms with E-state index in [1.54, 1.807) is 6.92 Å². The van der Waals surface area contributed by atoms with Crippen molar-refractivity contribution >= 4 is 17.4 Å². The SMILES string of the molecule is Cc1cc(Sc2nnc(C(F)(F)F)n2C)ccc1[N+](=O)[O-]. The molecule has 0 atom stereocenters. The first-order valence-electron chi connectivity index (χ1n) is 5.59. The molecule has 112 valence electrons. The van der Waals surface area contributed by atoms with Crippen molar-refractivity contribution in [2.24, 2.45) is 7.05 Å². The summed E-state index contributed by atoms with van der Waals surface area (Å²) in [5.41, 5.74) is 0.372. The summed E-state index contributed by atoms with van der Waals surface area (Å²) in [6, 6.07) is 4.28. The molecule has 2 aromatic rings. The minimum atomic E-state index is -4.58. The highest BCUT2D eigenvalue weighted by molar-refractivity contribution is 7.99. The van der Waals surface area contributed by atoms with Crippen LogP contribution in [-0.4, -0.2) is 19.7 Å². The third-order valence-electron chi connectivity index (χ3n) is 2.66. The van der Waals surface area contributed by atoms with Crippen LogP contribution < -0.4 is 0 Å². The molecule has 0 N–H and O–H groups in total. The number of aryl methyl sites for hydroxylation is 1. The molecule has 0 aliphatic heterocycles. The molecule has 0 aliphatic rings. The Bertz CT molecular complexity index is 699. The standard InChI is InChI=1S/C11H9F3N4O2S/c1-6-5-7(3-4-8(6)18(19)20)21-10-16-15-9(17(10)2)11(12,13)14/h3-5H,1-2H3. The molecule has 0 aliphatic carbocycles. The van der Waals surface area contributed by atoms with Crippen LogP contribution in [0.4, 0.5) is 18.9 Å². The molecule has 0 fully saturated rings. The molecule has 10 heteroatoms. The topological polar surface area (TPSA) is 73.8 Å². The zero-order chi connectivity index (χ0) is 15.8. The first-order chi connectivity index (χ1) is 9.70. The molecule has 0 spiro atoms. The summed E-state index contributed by atoms with van der Waals surface area (Å²) in [6.07, 6.45) is -4.58. The van der Waals surface area contributed by atoms with Crippen molar-refractivity contribution in [3.8, 4) is 0 Å². The molecule has 2 rings (SSSR count). The normalized spacial score (nSPS) is 11.7. The van der Waals surface area contributed by atoms with Gasteiger partial charge in [0, 0.05) is 23.6 Å². The fraction of sp³-hybridized carbons (Fsp3) is 0.273. The molecule has 0 radical (unpaired) electrons. The van der Waals surface area contributed by atoms with Crippen LogP contribution in [0.2, 0.25) is 0 Å². The summed E-state index contributed by atoms with van der Waals surface area (Å²) in [4.78, 5) is 10.7. The predicted molar refractivity (Wildman–Crippen MR) is 68.0 cm³/mol. The van der Waals surface area contributed by atoms with E-state index in [1.807, 2.05) is 0 Å². The van der Waals surface area contributed by atoms with Gasteiger partial charge in [0.15, 0.2) is 5.16 Å². The van der Waals surface area contributed by atoms with E-state index in [2.05, 4.69) is 10.2 Å². The number of nitro benzene ring substituents is 1. The Morgan fingerprint density at radius 2 is 2.00 bits per heavy atom. The van der Waals surface area contributed by atoms with Crippen LogP contribution in [0.1, 0.15) is 11.4 Å². The van der Waals surface area contributed by atoms with E-state index in [1.165, 1.54) is 25.2 Å². The first kappa shape index (κ1) is 15.3. The number of benzene rings is 1. The second-order valence-corrected chi connectivity index (χ2v) is 5.21. The minimum absolute atomic E-state index is 0.0479. The van der Waals surface area contributed by atoms with E-state index in [-0.39, 0.29) is 10.8 Å². The lowest BCUT2D eigenvalue weighted by Crippen LogP contribution is -2.12. The van der Waals surface area contributed by atoms with E-state index in [0.717, 1.165) is 16.3 Å². The van der Waals surface area contributed by atoms with Gasteiger partial charge in [0.2, 0.25) is 5.82 Å². The number of aromatic nitrogens is 3. The molecular formula is C11H9F3N4O2S. The predicted octanol–water partition coefficient (Wildman–Crippen LogP) is 3.20. The van der Waals surface area contributed by atoms with Gasteiger partial charge in [0.05, 0.1) is 4.92 Å². The van der Waals surface area contributed by atoms with E-state index >= 15 is 0 Å². The zero-order valence-electron chi connectivity index (χ0n) is 10.9. The largest absolute Gasteiger partial charge is 0.451 e. The summed E-state index contributed by atoms with van der Waals surface area (Å²) in [5.74, 6) is -1.09. The maximum absolute atomic E-state index is 12.6. The van der Waals surface area contributed by atoms with Gasteiger partial charge in [-0.15, -0.1) is 10.2 Å². The third kappa shape index (κ3) is 3.15. The lowest BCUT2D eigenvalue weighted by molar-refractivity contribution is -0.385. The number of rotatable bonds is 3. The number of nitrogens with zero attached hydrogens (tertiary/aromatic N) is 4. The van der Waals surface area contributed by atoms with Crippen molar-refractivity contribution in [2.45, 2.75) is 23.2 Å². The fourth-order valence-corrected chi connectivity index (χ4v) is 2.54. The smallest absolute Gasteiger partial charge is 0.301 e. The summed E-state index contributed by atoms with van der Waals surface area (Å²) >= 11 is 0.952. The van der Waals surface area contributed by atoms with Gasteiger partial charge < -0.3 is 4.57 Å². The number of alkyl halides is 3. The van der Waals surface area contributed by atoms with Crippen LogP contribution >= 0.6 is 11.8 Å². The highest BCUT2D eigenvalue weighted by atomic mass is 32.2. The maximum Gasteiger partial charge on any atom is 0.451 e. The second-order valence-electron chi connectivity index (χ2n) is 4.17. The highest BCUT2D eigenvalue weighted by Gasteiger charge is 2.37. The van der Waals surface area contributed by atoms with E-state index in [0.29, 0.717) is 10.5 Å². The fourth-order valence-electron chi connectivity index (χ4n) is 1.65. The molecule has 1 heterocycles. The van der Waals surface area contributed by atoms with Crippen molar-refractivity contribution in [1.29, 1.82) is 0 Å². The molecule has 6 nitrogen and oxygen atoms in total. The summed E-state index contributed by atoms with van der Waals surface area (Å²) in [6.45, 7) is 1.56. The Balaban J connectivity index is 2.29. The van der Waals surface area contributed by atoms with Crippen LogP contribution in [0, 0.1) is 17.0 Å². The van der Waals surface area contributed by atoms with Crippen molar-refractivity contribution in [3.63, 3.8) is 0 Å². The van der Waals surface area contributed by atoms with E-state index in [9.17, 15) is 23.3 Å². The quantitative estimate of drug-likeness (QED) is 0.642. The number of nitro groups is 1. The van der Waals surface area contributed by atoms with E-state index < -0.39 is 16.9 Å². The monoisotopic (exact) mass is 318 g/mol. The zero-order valence-corrected chi connectivity index (χ0v) is 11.7. The number of hydrogen-bond acceptors (Lipinski definition) is 5. The van der Waals surface area contributed by atoms with Gasteiger partial charge in [-0.2, -0.15) is 13.2 Å². The van der Waals surface area contributed by atoms with E-state index in [4.69, 9.17) is 0 Å². The lowest BCUT2D eigenvalue weighted by Gasteiger charge is -2.06. The van der Waals surface area contributed by atoms with Crippen LogP contribution in [0.25, 0.3) is 0 Å². The first-order valence-corrected chi connectivity index (χ1v) is 6.41. The molecule has 0 saturated heterocycles. The average Bonchev–Trinajstić information content (AvgIpc) is 2.70. The van der Waals surface area contributed by atoms with Gasteiger partial charge in [0.25, 0.3) is 5.69 Å².